The van der Waals surface area contributed by atoms with Crippen molar-refractivity contribution < 1.29 is 0 Å². The molecule has 0 unspecified atom stereocenters. The summed E-state index contributed by atoms with van der Waals surface area (Å²) in [7, 11) is 0. The van der Waals surface area contributed by atoms with E-state index in [9.17, 15) is 0 Å². The molecule has 15 heavy (non-hydrogen) atoms. The molecule has 2 rings (SSSR count). The molecule has 0 aliphatic heterocycles. The largest absolute Gasteiger partial charge is 0.338 e. The monoisotopic (exact) mass is 197 g/mol. The molecule has 0 saturated heterocycles. The number of rotatable bonds is 2. The van der Waals surface area contributed by atoms with Gasteiger partial charge >= 0.3 is 0 Å². The molecule has 0 atom stereocenters. The van der Waals surface area contributed by atoms with E-state index in [0.29, 0.717) is 11.4 Å². The van der Waals surface area contributed by atoms with E-state index in [1.807, 2.05) is 6.07 Å². The molecule has 2 aromatic heterocycles. The predicted molar refractivity (Wildman–Crippen MR) is 54.3 cm³/mol. The van der Waals surface area contributed by atoms with Crippen molar-refractivity contribution in [3.8, 4) is 6.07 Å². The third-order valence-electron chi connectivity index (χ3n) is 1.70. The predicted octanol–water partition coefficient (Wildman–Crippen LogP) is 1.49. The molecule has 0 saturated carbocycles. The Morgan fingerprint density at radius 2 is 2.07 bits per heavy atom. The number of nitrogens with zero attached hydrogens (tertiary/aromatic N) is 4. The Bertz CT molecular complexity index is 489. The van der Waals surface area contributed by atoms with Crippen LogP contribution in [0.1, 0.15) is 5.56 Å². The van der Waals surface area contributed by atoms with Crippen LogP contribution in [0, 0.1) is 11.3 Å². The van der Waals surface area contributed by atoms with Crippen molar-refractivity contribution in [3.05, 3.63) is 42.6 Å². The summed E-state index contributed by atoms with van der Waals surface area (Å²) < 4.78 is 0. The van der Waals surface area contributed by atoms with Crippen LogP contribution in [0.4, 0.5) is 11.5 Å². The van der Waals surface area contributed by atoms with Crippen molar-refractivity contribution in [1.82, 2.24) is 15.0 Å². The lowest BCUT2D eigenvalue weighted by molar-refractivity contribution is 1.19. The summed E-state index contributed by atoms with van der Waals surface area (Å²) in [4.78, 5) is 11.9. The first-order chi connectivity index (χ1) is 7.38. The van der Waals surface area contributed by atoms with Gasteiger partial charge in [-0.1, -0.05) is 0 Å². The summed E-state index contributed by atoms with van der Waals surface area (Å²) in [5, 5.41) is 11.7. The average molecular weight is 197 g/mol. The summed E-state index contributed by atoms with van der Waals surface area (Å²) in [6, 6.07) is 3.71. The van der Waals surface area contributed by atoms with Crippen LogP contribution in [0.15, 0.2) is 37.1 Å². The van der Waals surface area contributed by atoms with Gasteiger partial charge in [-0.2, -0.15) is 5.26 Å². The molecule has 0 aromatic carbocycles. The maximum atomic E-state index is 8.68. The van der Waals surface area contributed by atoms with Crippen molar-refractivity contribution in [1.29, 1.82) is 5.26 Å². The molecule has 5 nitrogen and oxygen atoms in total. The highest BCUT2D eigenvalue weighted by Gasteiger charge is 1.97. The second-order valence-corrected chi connectivity index (χ2v) is 2.79. The second-order valence-electron chi connectivity index (χ2n) is 2.79. The second kappa shape index (κ2) is 4.15. The van der Waals surface area contributed by atoms with Gasteiger partial charge in [0.15, 0.2) is 0 Å². The first-order valence-corrected chi connectivity index (χ1v) is 4.26. The van der Waals surface area contributed by atoms with E-state index in [4.69, 9.17) is 5.26 Å². The minimum Gasteiger partial charge on any atom is -0.338 e. The van der Waals surface area contributed by atoms with Crippen LogP contribution in [0.2, 0.25) is 0 Å². The number of pyridine rings is 1. The summed E-state index contributed by atoms with van der Waals surface area (Å²) in [6.45, 7) is 0. The van der Waals surface area contributed by atoms with Crippen molar-refractivity contribution in [2.24, 2.45) is 0 Å². The molecule has 72 valence electrons. The molecular formula is C10H7N5. The molecule has 0 spiro atoms. The quantitative estimate of drug-likeness (QED) is 0.789. The Balaban J connectivity index is 2.22. The Kier molecular flexibility index (Phi) is 2.52. The third-order valence-corrected chi connectivity index (χ3v) is 1.70. The van der Waals surface area contributed by atoms with Gasteiger partial charge in [0.25, 0.3) is 0 Å². The smallest absolute Gasteiger partial charge is 0.148 e. The lowest BCUT2D eigenvalue weighted by Gasteiger charge is -2.03. The molecule has 0 aliphatic carbocycles. The zero-order valence-corrected chi connectivity index (χ0v) is 7.75. The highest BCUT2D eigenvalue weighted by atomic mass is 15.0. The van der Waals surface area contributed by atoms with Crippen molar-refractivity contribution in [2.45, 2.75) is 0 Å². The van der Waals surface area contributed by atoms with Crippen LogP contribution >= 0.6 is 0 Å². The van der Waals surface area contributed by atoms with Gasteiger partial charge in [-0.25, -0.2) is 4.98 Å². The Hall–Kier alpha value is -2.48. The molecule has 2 heterocycles. The van der Waals surface area contributed by atoms with Crippen LogP contribution < -0.4 is 5.32 Å². The van der Waals surface area contributed by atoms with Gasteiger partial charge in [0.2, 0.25) is 0 Å². The minimum absolute atomic E-state index is 0.504. The SMILES string of the molecule is N#Cc1cncc(Nc2cnccn2)c1. The van der Waals surface area contributed by atoms with E-state index < -0.39 is 0 Å². The summed E-state index contributed by atoms with van der Waals surface area (Å²) >= 11 is 0. The van der Waals surface area contributed by atoms with Crippen LogP contribution in [0.25, 0.3) is 0 Å². The van der Waals surface area contributed by atoms with E-state index >= 15 is 0 Å². The molecule has 1 N–H and O–H groups in total. The number of nitrogens with one attached hydrogen (secondary N) is 1. The minimum atomic E-state index is 0.504. The normalized spacial score (nSPS) is 9.27. The lowest BCUT2D eigenvalue weighted by atomic mass is 10.3. The van der Waals surface area contributed by atoms with Gasteiger partial charge in [-0.05, 0) is 6.07 Å². The molecule has 0 bridgehead atoms. The van der Waals surface area contributed by atoms with E-state index in [1.165, 1.54) is 6.20 Å². The first kappa shape index (κ1) is 9.09. The van der Waals surface area contributed by atoms with Crippen LogP contribution in [0.5, 0.6) is 0 Å². The van der Waals surface area contributed by atoms with E-state index in [-0.39, 0.29) is 0 Å². The third kappa shape index (κ3) is 2.25. The van der Waals surface area contributed by atoms with Gasteiger partial charge in [0.05, 0.1) is 23.6 Å². The van der Waals surface area contributed by atoms with Crippen molar-refractivity contribution in [3.63, 3.8) is 0 Å². The van der Waals surface area contributed by atoms with Gasteiger partial charge in [-0.15, -0.1) is 0 Å². The van der Waals surface area contributed by atoms with Gasteiger partial charge < -0.3 is 5.32 Å². The lowest BCUT2D eigenvalue weighted by Crippen LogP contribution is -1.94. The fourth-order valence-corrected chi connectivity index (χ4v) is 1.08. The molecule has 0 fully saturated rings. The van der Waals surface area contributed by atoms with E-state index in [2.05, 4.69) is 20.3 Å². The Morgan fingerprint density at radius 3 is 2.80 bits per heavy atom. The first-order valence-electron chi connectivity index (χ1n) is 4.26. The fraction of sp³-hybridized carbons (Fsp3) is 0. The zero-order valence-electron chi connectivity index (χ0n) is 7.75. The fourth-order valence-electron chi connectivity index (χ4n) is 1.08. The summed E-state index contributed by atoms with van der Waals surface area (Å²) in [6.07, 6.45) is 7.90. The molecule has 0 aliphatic rings. The average Bonchev–Trinajstić information content (AvgIpc) is 2.31. The van der Waals surface area contributed by atoms with Crippen molar-refractivity contribution >= 4 is 11.5 Å². The highest BCUT2D eigenvalue weighted by Crippen LogP contribution is 2.12. The highest BCUT2D eigenvalue weighted by molar-refractivity contribution is 5.55. The number of aromatic nitrogens is 3. The molecule has 0 radical (unpaired) electrons. The van der Waals surface area contributed by atoms with Crippen LogP contribution in [-0.4, -0.2) is 15.0 Å². The maximum Gasteiger partial charge on any atom is 0.148 e. The summed E-state index contributed by atoms with van der Waals surface area (Å²) in [5.74, 6) is 0.620. The number of hydrogen-bond acceptors (Lipinski definition) is 5. The Labute approximate surface area is 86.5 Å². The van der Waals surface area contributed by atoms with Gasteiger partial charge in [-0.3, -0.25) is 9.97 Å². The molecule has 5 heteroatoms. The molecular weight excluding hydrogens is 190 g/mol. The van der Waals surface area contributed by atoms with Crippen LogP contribution in [-0.2, 0) is 0 Å². The van der Waals surface area contributed by atoms with Gasteiger partial charge in [0, 0.05) is 18.6 Å². The standard InChI is InChI=1S/C10H7N5/c11-4-8-3-9(6-13-5-8)15-10-7-12-1-2-14-10/h1-3,5-7H,(H,14,15). The topological polar surface area (TPSA) is 74.5 Å². The molecule has 0 amide bonds. The van der Waals surface area contributed by atoms with E-state index in [0.717, 1.165) is 5.69 Å². The van der Waals surface area contributed by atoms with Crippen LogP contribution in [0.3, 0.4) is 0 Å². The number of hydrogen-bond donors (Lipinski definition) is 1. The number of nitriles is 1. The Morgan fingerprint density at radius 1 is 1.13 bits per heavy atom. The summed E-state index contributed by atoms with van der Waals surface area (Å²) in [5.41, 5.74) is 1.22. The molecule has 2 aromatic rings. The van der Waals surface area contributed by atoms with Gasteiger partial charge in [0.1, 0.15) is 11.9 Å². The maximum absolute atomic E-state index is 8.68. The van der Waals surface area contributed by atoms with E-state index in [1.54, 1.807) is 30.9 Å². The number of anilines is 2. The van der Waals surface area contributed by atoms with Crippen molar-refractivity contribution in [2.75, 3.05) is 5.32 Å². The zero-order chi connectivity index (χ0) is 10.5.